The smallest absolute Gasteiger partial charge is 0.462 e. The molecule has 0 radical (unpaired) electrons. The Balaban J connectivity index is 4.45. The Morgan fingerprint density at radius 1 is 0.640 bits per heavy atom. The zero-order valence-corrected chi connectivity index (χ0v) is 33.5. The number of unbranched alkanes of at least 4 members (excludes halogenated alkanes) is 15. The second kappa shape index (κ2) is 33.1. The molecule has 2 atom stereocenters. The molecule has 50 heavy (non-hydrogen) atoms. The van der Waals surface area contributed by atoms with Gasteiger partial charge in [0, 0.05) is 12.8 Å². The summed E-state index contributed by atoms with van der Waals surface area (Å²) < 4.78 is 34.1. The van der Waals surface area contributed by atoms with Crippen molar-refractivity contribution in [2.75, 3.05) is 47.5 Å². The van der Waals surface area contributed by atoms with Crippen molar-refractivity contribution in [3.63, 3.8) is 0 Å². The highest BCUT2D eigenvalue weighted by molar-refractivity contribution is 7.47. The van der Waals surface area contributed by atoms with Gasteiger partial charge in [0.15, 0.2) is 6.10 Å². The average molecular weight is 729 g/mol. The van der Waals surface area contributed by atoms with Gasteiger partial charge in [-0.25, -0.2) is 4.57 Å². The fourth-order valence-corrected chi connectivity index (χ4v) is 5.83. The quantitative estimate of drug-likeness (QED) is 0.0226. The van der Waals surface area contributed by atoms with E-state index >= 15 is 0 Å². The van der Waals surface area contributed by atoms with Crippen molar-refractivity contribution in [2.45, 2.75) is 161 Å². The molecule has 0 aromatic heterocycles. The lowest BCUT2D eigenvalue weighted by Crippen LogP contribution is -2.37. The molecular weight excluding hydrogens is 653 g/mol. The highest BCUT2D eigenvalue weighted by Crippen LogP contribution is 2.43. The van der Waals surface area contributed by atoms with Crippen molar-refractivity contribution in [1.82, 2.24) is 0 Å². The minimum atomic E-state index is -4.37. The summed E-state index contributed by atoms with van der Waals surface area (Å²) in [5.74, 6) is -0.820. The summed E-state index contributed by atoms with van der Waals surface area (Å²) in [5, 5.41) is 0. The van der Waals surface area contributed by atoms with Crippen LogP contribution in [0.2, 0.25) is 0 Å². The van der Waals surface area contributed by atoms with Gasteiger partial charge in [-0.3, -0.25) is 18.6 Å². The van der Waals surface area contributed by atoms with Gasteiger partial charge in [0.25, 0.3) is 0 Å². The molecule has 0 aliphatic rings. The predicted molar refractivity (Wildman–Crippen MR) is 206 cm³/mol. The van der Waals surface area contributed by atoms with Gasteiger partial charge in [0.2, 0.25) is 0 Å². The molecule has 0 aromatic carbocycles. The Morgan fingerprint density at radius 3 is 1.70 bits per heavy atom. The van der Waals surface area contributed by atoms with Crippen LogP contribution in [0.15, 0.2) is 36.5 Å². The number of hydrogen-bond donors (Lipinski definition) is 1. The summed E-state index contributed by atoms with van der Waals surface area (Å²) in [5.41, 5.74) is 0. The van der Waals surface area contributed by atoms with Crippen molar-refractivity contribution < 1.29 is 42.1 Å². The lowest BCUT2D eigenvalue weighted by Gasteiger charge is -2.24. The van der Waals surface area contributed by atoms with Crippen LogP contribution in [-0.4, -0.2) is 74.9 Å². The number of rotatable bonds is 35. The summed E-state index contributed by atoms with van der Waals surface area (Å²) in [4.78, 5) is 35.2. The van der Waals surface area contributed by atoms with Crippen LogP contribution in [-0.2, 0) is 32.7 Å². The first-order valence-electron chi connectivity index (χ1n) is 19.7. The molecular formula is C40H75NO8P+. The molecule has 0 amide bonds. The van der Waals surface area contributed by atoms with E-state index in [-0.39, 0.29) is 32.0 Å². The Bertz CT molecular complexity index is 959. The van der Waals surface area contributed by atoms with E-state index in [0.717, 1.165) is 70.6 Å². The summed E-state index contributed by atoms with van der Waals surface area (Å²) in [6.07, 6.45) is 34.7. The van der Waals surface area contributed by atoms with Crippen LogP contribution in [0.1, 0.15) is 155 Å². The summed E-state index contributed by atoms with van der Waals surface area (Å²) in [6.45, 7) is 4.27. The summed E-state index contributed by atoms with van der Waals surface area (Å²) >= 11 is 0. The fourth-order valence-electron chi connectivity index (χ4n) is 5.09. The van der Waals surface area contributed by atoms with Crippen LogP contribution in [0.5, 0.6) is 0 Å². The van der Waals surface area contributed by atoms with E-state index in [1.165, 1.54) is 51.4 Å². The van der Waals surface area contributed by atoms with Gasteiger partial charge >= 0.3 is 19.8 Å². The first kappa shape index (κ1) is 48.2. The molecule has 0 bridgehead atoms. The van der Waals surface area contributed by atoms with E-state index in [1.54, 1.807) is 0 Å². The molecule has 2 unspecified atom stereocenters. The van der Waals surface area contributed by atoms with Gasteiger partial charge in [-0.05, 0) is 44.9 Å². The topological polar surface area (TPSA) is 108 Å². The minimum absolute atomic E-state index is 0.0283. The normalized spacial score (nSPS) is 14.1. The zero-order valence-electron chi connectivity index (χ0n) is 32.6. The SMILES string of the molecule is CC/C=C\C/C=C\C/C=C\CCCCCCCC(=O)OC(COC(=O)CCCCCCCCCCCCC)COP(=O)(O)OCC[N+](C)(C)C. The molecule has 0 saturated carbocycles. The third-order valence-corrected chi connectivity index (χ3v) is 9.17. The van der Waals surface area contributed by atoms with Gasteiger partial charge in [-0.2, -0.15) is 0 Å². The maximum absolute atomic E-state index is 12.6. The van der Waals surface area contributed by atoms with Crippen molar-refractivity contribution >= 4 is 19.8 Å². The molecule has 10 heteroatoms. The van der Waals surface area contributed by atoms with Crippen LogP contribution >= 0.6 is 7.82 Å². The van der Waals surface area contributed by atoms with Crippen molar-refractivity contribution in [3.05, 3.63) is 36.5 Å². The number of allylic oxidation sites excluding steroid dienone is 6. The third-order valence-electron chi connectivity index (χ3n) is 8.18. The van der Waals surface area contributed by atoms with E-state index in [2.05, 4.69) is 50.3 Å². The number of carbonyl (C=O) groups excluding carboxylic acids is 2. The lowest BCUT2D eigenvalue weighted by molar-refractivity contribution is -0.870. The van der Waals surface area contributed by atoms with Gasteiger partial charge in [0.1, 0.15) is 19.8 Å². The van der Waals surface area contributed by atoms with Crippen LogP contribution < -0.4 is 0 Å². The molecule has 292 valence electrons. The van der Waals surface area contributed by atoms with E-state index in [4.69, 9.17) is 18.5 Å². The van der Waals surface area contributed by atoms with E-state index in [9.17, 15) is 19.0 Å². The second-order valence-corrected chi connectivity index (χ2v) is 15.7. The number of esters is 2. The zero-order chi connectivity index (χ0) is 37.2. The largest absolute Gasteiger partial charge is 0.472 e. The van der Waals surface area contributed by atoms with Crippen LogP contribution in [0.4, 0.5) is 0 Å². The number of phosphoric ester groups is 1. The molecule has 0 aliphatic carbocycles. The fraction of sp³-hybridized carbons (Fsp3) is 0.800. The number of nitrogens with zero attached hydrogens (tertiary/aromatic N) is 1. The third kappa shape index (κ3) is 36.0. The molecule has 0 heterocycles. The maximum Gasteiger partial charge on any atom is 0.472 e. The number of quaternary nitrogens is 1. The first-order valence-corrected chi connectivity index (χ1v) is 21.2. The van der Waals surface area contributed by atoms with E-state index in [0.29, 0.717) is 17.4 Å². The molecule has 1 N–H and O–H groups in total. The Labute approximate surface area is 306 Å². The first-order chi connectivity index (χ1) is 24.0. The Morgan fingerprint density at radius 2 is 1.14 bits per heavy atom. The van der Waals surface area contributed by atoms with Gasteiger partial charge in [-0.15, -0.1) is 0 Å². The summed E-state index contributed by atoms with van der Waals surface area (Å²) in [6, 6.07) is 0. The Hall–Kier alpha value is -1.77. The van der Waals surface area contributed by atoms with Gasteiger partial charge in [-0.1, -0.05) is 134 Å². The van der Waals surface area contributed by atoms with Gasteiger partial charge in [0.05, 0.1) is 27.7 Å². The minimum Gasteiger partial charge on any atom is -0.462 e. The van der Waals surface area contributed by atoms with Crippen molar-refractivity contribution in [2.24, 2.45) is 0 Å². The number of hydrogen-bond acceptors (Lipinski definition) is 7. The molecule has 0 aliphatic heterocycles. The number of likely N-dealkylation sites (N-methyl/N-ethyl adjacent to an activating group) is 1. The van der Waals surface area contributed by atoms with Crippen molar-refractivity contribution in [1.29, 1.82) is 0 Å². The molecule has 0 rings (SSSR count). The number of carbonyl (C=O) groups is 2. The molecule has 0 aromatic rings. The number of ether oxygens (including phenoxy) is 2. The molecule has 0 saturated heterocycles. The molecule has 0 spiro atoms. The van der Waals surface area contributed by atoms with Crippen molar-refractivity contribution in [3.8, 4) is 0 Å². The maximum atomic E-state index is 12.6. The second-order valence-electron chi connectivity index (χ2n) is 14.3. The highest BCUT2D eigenvalue weighted by Gasteiger charge is 2.27. The average Bonchev–Trinajstić information content (AvgIpc) is 3.06. The van der Waals surface area contributed by atoms with Crippen LogP contribution in [0.3, 0.4) is 0 Å². The van der Waals surface area contributed by atoms with Crippen LogP contribution in [0.25, 0.3) is 0 Å². The predicted octanol–water partition coefficient (Wildman–Crippen LogP) is 10.6. The van der Waals surface area contributed by atoms with E-state index in [1.807, 2.05) is 21.1 Å². The van der Waals surface area contributed by atoms with E-state index < -0.39 is 26.5 Å². The Kier molecular flexibility index (Phi) is 31.9. The highest BCUT2D eigenvalue weighted by atomic mass is 31.2. The lowest BCUT2D eigenvalue weighted by atomic mass is 10.1. The molecule has 9 nitrogen and oxygen atoms in total. The standard InChI is InChI=1S/C40H74NO8P/c1-6-8-10-12-14-16-18-19-20-21-23-25-27-29-31-33-40(43)49-38(37-48-50(44,45)47-35-34-41(3,4)5)36-46-39(42)32-30-28-26-24-22-17-15-13-11-9-7-2/h8,10,14,16,19-20,38H,6-7,9,11-13,15,17-18,21-37H2,1-5H3/p+1/b10-8-,16-14-,20-19-. The summed E-state index contributed by atoms with van der Waals surface area (Å²) in [7, 11) is 1.46. The van der Waals surface area contributed by atoms with Gasteiger partial charge < -0.3 is 18.9 Å². The van der Waals surface area contributed by atoms with Crippen LogP contribution in [0, 0.1) is 0 Å². The number of phosphoric acid groups is 1. The molecule has 0 fully saturated rings. The monoisotopic (exact) mass is 729 g/mol.